The van der Waals surface area contributed by atoms with Crippen molar-refractivity contribution in [3.8, 4) is 0 Å². The number of benzene rings is 1. The average molecular weight is 331 g/mol. The molecule has 1 saturated carbocycles. The van der Waals surface area contributed by atoms with Crippen LogP contribution in [-0.4, -0.2) is 41.7 Å². The normalized spacial score (nSPS) is 15.6. The Hall–Kier alpha value is -0.810. The molecule has 0 aliphatic heterocycles. The fourth-order valence-corrected chi connectivity index (χ4v) is 3.11. The zero-order valence-electron chi connectivity index (χ0n) is 11.8. The number of halogens is 2. The van der Waals surface area contributed by atoms with Gasteiger partial charge in [0.1, 0.15) is 0 Å². The van der Waals surface area contributed by atoms with E-state index in [0.29, 0.717) is 28.3 Å². The minimum atomic E-state index is -0.139. The van der Waals surface area contributed by atoms with Gasteiger partial charge in [0.2, 0.25) is 5.91 Å². The molecule has 21 heavy (non-hydrogen) atoms. The molecule has 6 heteroatoms. The highest BCUT2D eigenvalue weighted by atomic mass is 35.5. The lowest BCUT2D eigenvalue weighted by molar-refractivity contribution is -0.118. The summed E-state index contributed by atoms with van der Waals surface area (Å²) in [6.07, 6.45) is 4.55. The maximum absolute atomic E-state index is 12.2. The van der Waals surface area contributed by atoms with Gasteiger partial charge in [0, 0.05) is 12.6 Å². The van der Waals surface area contributed by atoms with Crippen LogP contribution in [0.1, 0.15) is 25.7 Å². The number of anilines is 1. The number of aliphatic hydroxyl groups is 1. The van der Waals surface area contributed by atoms with Gasteiger partial charge in [0.25, 0.3) is 0 Å². The number of hydrogen-bond donors (Lipinski definition) is 2. The van der Waals surface area contributed by atoms with Crippen LogP contribution < -0.4 is 5.32 Å². The maximum Gasteiger partial charge on any atom is 0.238 e. The molecule has 4 nitrogen and oxygen atoms in total. The van der Waals surface area contributed by atoms with E-state index in [2.05, 4.69) is 5.32 Å². The average Bonchev–Trinajstić information content (AvgIpc) is 2.97. The van der Waals surface area contributed by atoms with Gasteiger partial charge in [-0.3, -0.25) is 9.69 Å². The number of carbonyl (C=O) groups is 1. The van der Waals surface area contributed by atoms with Gasteiger partial charge < -0.3 is 10.4 Å². The van der Waals surface area contributed by atoms with Gasteiger partial charge in [0.05, 0.1) is 28.9 Å². The van der Waals surface area contributed by atoms with Crippen molar-refractivity contribution in [3.05, 3.63) is 28.2 Å². The molecule has 1 aromatic carbocycles. The number of nitrogens with zero attached hydrogens (tertiary/aromatic N) is 1. The summed E-state index contributed by atoms with van der Waals surface area (Å²) in [5, 5.41) is 12.7. The highest BCUT2D eigenvalue weighted by Gasteiger charge is 2.24. The van der Waals surface area contributed by atoms with Gasteiger partial charge >= 0.3 is 0 Å². The molecule has 0 heterocycles. The van der Waals surface area contributed by atoms with E-state index in [0.717, 1.165) is 12.8 Å². The molecule has 0 aromatic heterocycles. The van der Waals surface area contributed by atoms with Crippen molar-refractivity contribution < 1.29 is 9.90 Å². The van der Waals surface area contributed by atoms with E-state index in [1.54, 1.807) is 18.2 Å². The zero-order chi connectivity index (χ0) is 15.2. The SMILES string of the molecule is O=C(CN(CCO)C1CCCC1)Nc1cccc(Cl)c1Cl. The third-order valence-corrected chi connectivity index (χ3v) is 4.62. The van der Waals surface area contributed by atoms with E-state index in [1.807, 2.05) is 4.90 Å². The van der Waals surface area contributed by atoms with Crippen LogP contribution in [0.2, 0.25) is 10.0 Å². The van der Waals surface area contributed by atoms with Crippen molar-refractivity contribution in [2.24, 2.45) is 0 Å². The smallest absolute Gasteiger partial charge is 0.238 e. The van der Waals surface area contributed by atoms with Crippen LogP contribution in [0.15, 0.2) is 18.2 Å². The van der Waals surface area contributed by atoms with Gasteiger partial charge in [0.15, 0.2) is 0 Å². The third kappa shape index (κ3) is 4.58. The Morgan fingerprint density at radius 1 is 1.33 bits per heavy atom. The topological polar surface area (TPSA) is 52.6 Å². The van der Waals surface area contributed by atoms with Gasteiger partial charge in [-0.15, -0.1) is 0 Å². The van der Waals surface area contributed by atoms with E-state index in [-0.39, 0.29) is 19.1 Å². The van der Waals surface area contributed by atoms with Gasteiger partial charge in [-0.2, -0.15) is 0 Å². The molecule has 0 unspecified atom stereocenters. The lowest BCUT2D eigenvalue weighted by Gasteiger charge is -2.27. The van der Waals surface area contributed by atoms with Crippen LogP contribution >= 0.6 is 23.2 Å². The first-order valence-corrected chi connectivity index (χ1v) is 7.96. The van der Waals surface area contributed by atoms with Crippen molar-refractivity contribution in [2.45, 2.75) is 31.7 Å². The second kappa shape index (κ2) is 7.99. The summed E-state index contributed by atoms with van der Waals surface area (Å²) < 4.78 is 0. The van der Waals surface area contributed by atoms with E-state index in [1.165, 1.54) is 12.8 Å². The van der Waals surface area contributed by atoms with E-state index in [4.69, 9.17) is 28.3 Å². The Morgan fingerprint density at radius 2 is 2.05 bits per heavy atom. The number of amides is 1. The molecule has 0 atom stereocenters. The molecule has 1 aliphatic carbocycles. The molecule has 116 valence electrons. The molecule has 1 aliphatic rings. The predicted molar refractivity (Wildman–Crippen MR) is 86.0 cm³/mol. The zero-order valence-corrected chi connectivity index (χ0v) is 13.3. The number of carbonyl (C=O) groups excluding carboxylic acids is 1. The van der Waals surface area contributed by atoms with Crippen LogP contribution in [-0.2, 0) is 4.79 Å². The molecule has 2 rings (SSSR count). The second-order valence-corrected chi connectivity index (χ2v) is 6.07. The summed E-state index contributed by atoms with van der Waals surface area (Å²) in [6, 6.07) is 5.53. The van der Waals surface area contributed by atoms with E-state index >= 15 is 0 Å². The predicted octanol–water partition coefficient (Wildman–Crippen LogP) is 3.17. The highest BCUT2D eigenvalue weighted by Crippen LogP contribution is 2.29. The highest BCUT2D eigenvalue weighted by molar-refractivity contribution is 6.43. The Labute approximate surface area is 135 Å². The second-order valence-electron chi connectivity index (χ2n) is 5.28. The first kappa shape index (κ1) is 16.6. The van der Waals surface area contributed by atoms with Gasteiger partial charge in [-0.1, -0.05) is 42.1 Å². The summed E-state index contributed by atoms with van der Waals surface area (Å²) in [5.41, 5.74) is 0.518. The summed E-state index contributed by atoms with van der Waals surface area (Å²) in [6.45, 7) is 0.830. The Morgan fingerprint density at radius 3 is 2.71 bits per heavy atom. The first-order valence-electron chi connectivity index (χ1n) is 7.20. The molecular weight excluding hydrogens is 311 g/mol. The molecule has 1 amide bonds. The van der Waals surface area contributed by atoms with E-state index in [9.17, 15) is 4.79 Å². The van der Waals surface area contributed by atoms with Gasteiger partial charge in [-0.05, 0) is 25.0 Å². The number of nitrogens with one attached hydrogen (secondary N) is 1. The number of aliphatic hydroxyl groups excluding tert-OH is 1. The van der Waals surface area contributed by atoms with Crippen LogP contribution in [0.4, 0.5) is 5.69 Å². The lowest BCUT2D eigenvalue weighted by Crippen LogP contribution is -2.41. The van der Waals surface area contributed by atoms with Crippen LogP contribution in [0, 0.1) is 0 Å². The molecular formula is C15H20Cl2N2O2. The molecule has 0 bridgehead atoms. The maximum atomic E-state index is 12.2. The minimum Gasteiger partial charge on any atom is -0.395 e. The Kier molecular flexibility index (Phi) is 6.30. The lowest BCUT2D eigenvalue weighted by atomic mass is 10.2. The fourth-order valence-electron chi connectivity index (χ4n) is 2.76. The summed E-state index contributed by atoms with van der Waals surface area (Å²) in [5.74, 6) is -0.139. The Bertz CT molecular complexity index is 491. The first-order chi connectivity index (χ1) is 10.1. The van der Waals surface area contributed by atoms with Crippen LogP contribution in [0.25, 0.3) is 0 Å². The van der Waals surface area contributed by atoms with Crippen molar-refractivity contribution in [1.29, 1.82) is 0 Å². The summed E-state index contributed by atoms with van der Waals surface area (Å²) in [4.78, 5) is 14.2. The largest absolute Gasteiger partial charge is 0.395 e. The monoisotopic (exact) mass is 330 g/mol. The molecule has 2 N–H and O–H groups in total. The minimum absolute atomic E-state index is 0.0572. The molecule has 1 fully saturated rings. The number of rotatable bonds is 6. The van der Waals surface area contributed by atoms with Crippen LogP contribution in [0.5, 0.6) is 0 Å². The van der Waals surface area contributed by atoms with E-state index < -0.39 is 0 Å². The fraction of sp³-hybridized carbons (Fsp3) is 0.533. The molecule has 0 radical (unpaired) electrons. The summed E-state index contributed by atoms with van der Waals surface area (Å²) >= 11 is 12.0. The molecule has 0 saturated heterocycles. The third-order valence-electron chi connectivity index (χ3n) is 3.80. The van der Waals surface area contributed by atoms with Crippen molar-refractivity contribution in [2.75, 3.05) is 25.0 Å². The van der Waals surface area contributed by atoms with Crippen molar-refractivity contribution in [1.82, 2.24) is 4.90 Å². The Balaban J connectivity index is 1.96. The quantitative estimate of drug-likeness (QED) is 0.842. The molecule has 1 aromatic rings. The van der Waals surface area contributed by atoms with Crippen LogP contribution in [0.3, 0.4) is 0 Å². The van der Waals surface area contributed by atoms with Crippen molar-refractivity contribution >= 4 is 34.8 Å². The standard InChI is InChI=1S/C15H20Cl2N2O2/c16-12-6-3-7-13(15(12)17)18-14(21)10-19(8-9-20)11-4-1-2-5-11/h3,6-7,11,20H,1-2,4-5,8-10H2,(H,18,21). The number of hydrogen-bond acceptors (Lipinski definition) is 3. The van der Waals surface area contributed by atoms with Gasteiger partial charge in [-0.25, -0.2) is 0 Å². The molecule has 0 spiro atoms. The summed E-state index contributed by atoms with van der Waals surface area (Å²) in [7, 11) is 0. The van der Waals surface area contributed by atoms with Crippen molar-refractivity contribution in [3.63, 3.8) is 0 Å².